The fraction of sp³-hybridized carbons (Fsp3) is 0.0625. The minimum absolute atomic E-state index is 0.209. The highest BCUT2D eigenvalue weighted by Crippen LogP contribution is 2.12. The van der Waals surface area contributed by atoms with Gasteiger partial charge in [-0.15, -0.1) is 0 Å². The SMILES string of the molecule is Cc1cccc(N/N=C(\C#N)C(=O)c2ccc(Cl)cc2)c1. The van der Waals surface area contributed by atoms with E-state index in [-0.39, 0.29) is 5.71 Å². The molecular formula is C16H12ClN3O. The van der Waals surface area contributed by atoms with Crippen molar-refractivity contribution < 1.29 is 4.79 Å². The Morgan fingerprint density at radius 2 is 1.95 bits per heavy atom. The second-order valence-corrected chi connectivity index (χ2v) is 4.83. The number of carbonyl (C=O) groups is 1. The molecule has 0 aromatic heterocycles. The quantitative estimate of drug-likeness (QED) is 0.530. The van der Waals surface area contributed by atoms with Gasteiger partial charge in [0.15, 0.2) is 0 Å². The van der Waals surface area contributed by atoms with Gasteiger partial charge in [-0.05, 0) is 48.9 Å². The number of ketones is 1. The van der Waals surface area contributed by atoms with E-state index in [1.165, 1.54) is 0 Å². The van der Waals surface area contributed by atoms with E-state index in [0.29, 0.717) is 16.3 Å². The van der Waals surface area contributed by atoms with Crippen molar-refractivity contribution in [3.63, 3.8) is 0 Å². The number of Topliss-reactive ketones (excluding diaryl/α,β-unsaturated/α-hetero) is 1. The van der Waals surface area contributed by atoms with Crippen LogP contribution >= 0.6 is 11.6 Å². The fourth-order valence-electron chi connectivity index (χ4n) is 1.70. The van der Waals surface area contributed by atoms with Gasteiger partial charge >= 0.3 is 0 Å². The van der Waals surface area contributed by atoms with E-state index >= 15 is 0 Å². The van der Waals surface area contributed by atoms with Crippen LogP contribution in [0, 0.1) is 18.3 Å². The van der Waals surface area contributed by atoms with Crippen LogP contribution in [0.2, 0.25) is 5.02 Å². The van der Waals surface area contributed by atoms with Gasteiger partial charge in [0.2, 0.25) is 11.5 Å². The van der Waals surface area contributed by atoms with E-state index in [9.17, 15) is 4.79 Å². The molecule has 0 heterocycles. The van der Waals surface area contributed by atoms with Crippen LogP contribution in [0.15, 0.2) is 53.6 Å². The van der Waals surface area contributed by atoms with Crippen LogP contribution in [-0.4, -0.2) is 11.5 Å². The first-order valence-corrected chi connectivity index (χ1v) is 6.58. The second-order valence-electron chi connectivity index (χ2n) is 4.39. The van der Waals surface area contributed by atoms with E-state index in [1.54, 1.807) is 36.4 Å². The Hall–Kier alpha value is -2.64. The number of aryl methyl sites for hydroxylation is 1. The number of hydrogen-bond acceptors (Lipinski definition) is 4. The van der Waals surface area contributed by atoms with Gasteiger partial charge in [-0.3, -0.25) is 10.2 Å². The molecular weight excluding hydrogens is 286 g/mol. The molecule has 0 bridgehead atoms. The predicted octanol–water partition coefficient (Wildman–Crippen LogP) is 3.82. The number of halogens is 1. The molecule has 104 valence electrons. The smallest absolute Gasteiger partial charge is 0.223 e. The monoisotopic (exact) mass is 297 g/mol. The first-order valence-electron chi connectivity index (χ1n) is 6.21. The molecule has 0 unspecified atom stereocenters. The number of nitrogens with one attached hydrogen (secondary N) is 1. The number of hydrogen-bond donors (Lipinski definition) is 1. The minimum Gasteiger partial charge on any atom is -0.286 e. The summed E-state index contributed by atoms with van der Waals surface area (Å²) in [5.74, 6) is -0.450. The Labute approximate surface area is 127 Å². The lowest BCUT2D eigenvalue weighted by atomic mass is 10.1. The maximum atomic E-state index is 12.1. The normalized spacial score (nSPS) is 10.8. The van der Waals surface area contributed by atoms with Crippen LogP contribution in [0.3, 0.4) is 0 Å². The van der Waals surface area contributed by atoms with Crippen molar-refractivity contribution in [2.45, 2.75) is 6.92 Å². The summed E-state index contributed by atoms with van der Waals surface area (Å²) in [7, 11) is 0. The average molecular weight is 298 g/mol. The molecule has 2 rings (SSSR count). The van der Waals surface area contributed by atoms with Crippen molar-refractivity contribution in [1.29, 1.82) is 5.26 Å². The molecule has 0 aliphatic heterocycles. The van der Waals surface area contributed by atoms with Gasteiger partial charge in [-0.25, -0.2) is 0 Å². The number of rotatable bonds is 4. The van der Waals surface area contributed by atoms with Crippen LogP contribution in [0.5, 0.6) is 0 Å². The zero-order valence-corrected chi connectivity index (χ0v) is 12.1. The van der Waals surface area contributed by atoms with Crippen LogP contribution in [0.4, 0.5) is 5.69 Å². The Balaban J connectivity index is 2.19. The van der Waals surface area contributed by atoms with E-state index in [2.05, 4.69) is 10.5 Å². The molecule has 0 spiro atoms. The van der Waals surface area contributed by atoms with Gasteiger partial charge in [-0.1, -0.05) is 23.7 Å². The summed E-state index contributed by atoms with van der Waals surface area (Å²) < 4.78 is 0. The summed E-state index contributed by atoms with van der Waals surface area (Å²) in [5.41, 5.74) is 4.64. The van der Waals surface area contributed by atoms with Crippen LogP contribution < -0.4 is 5.43 Å². The standard InChI is InChI=1S/C16H12ClN3O/c1-11-3-2-4-14(9-11)19-20-15(10-18)16(21)12-5-7-13(17)8-6-12/h2-9,19H,1H3/b20-15+. The molecule has 0 radical (unpaired) electrons. The van der Waals surface area contributed by atoms with E-state index in [4.69, 9.17) is 16.9 Å². The van der Waals surface area contributed by atoms with E-state index in [1.807, 2.05) is 25.1 Å². The number of anilines is 1. The molecule has 21 heavy (non-hydrogen) atoms. The lowest BCUT2D eigenvalue weighted by Gasteiger charge is -2.03. The summed E-state index contributed by atoms with van der Waals surface area (Å²) in [6, 6.07) is 15.6. The number of benzene rings is 2. The highest BCUT2D eigenvalue weighted by Gasteiger charge is 2.13. The van der Waals surface area contributed by atoms with Crippen molar-refractivity contribution in [3.05, 3.63) is 64.7 Å². The van der Waals surface area contributed by atoms with Crippen molar-refractivity contribution >= 4 is 28.8 Å². The number of hydrazone groups is 1. The fourth-order valence-corrected chi connectivity index (χ4v) is 1.83. The Morgan fingerprint density at radius 1 is 1.24 bits per heavy atom. The van der Waals surface area contributed by atoms with Crippen molar-refractivity contribution in [2.75, 3.05) is 5.43 Å². The highest BCUT2D eigenvalue weighted by molar-refractivity contribution is 6.51. The molecule has 5 heteroatoms. The third kappa shape index (κ3) is 3.91. The number of nitrogens with zero attached hydrogens (tertiary/aromatic N) is 2. The third-order valence-corrected chi connectivity index (χ3v) is 2.99. The molecule has 1 N–H and O–H groups in total. The largest absolute Gasteiger partial charge is 0.286 e. The average Bonchev–Trinajstić information content (AvgIpc) is 2.48. The maximum Gasteiger partial charge on any atom is 0.223 e. The second kappa shape index (κ2) is 6.69. The highest BCUT2D eigenvalue weighted by atomic mass is 35.5. The van der Waals surface area contributed by atoms with E-state index in [0.717, 1.165) is 5.56 Å². The summed E-state index contributed by atoms with van der Waals surface area (Å²) >= 11 is 5.77. The first-order chi connectivity index (χ1) is 10.1. The molecule has 0 fully saturated rings. The Bertz CT molecular complexity index is 730. The van der Waals surface area contributed by atoms with Gasteiger partial charge in [0.25, 0.3) is 0 Å². The molecule has 0 saturated heterocycles. The third-order valence-electron chi connectivity index (χ3n) is 2.74. The molecule has 0 amide bonds. The summed E-state index contributed by atoms with van der Waals surface area (Å²) in [6.45, 7) is 1.94. The minimum atomic E-state index is -0.450. The first kappa shape index (κ1) is 14.8. The van der Waals surface area contributed by atoms with Crippen LogP contribution in [0.25, 0.3) is 0 Å². The maximum absolute atomic E-state index is 12.1. The van der Waals surface area contributed by atoms with E-state index < -0.39 is 5.78 Å². The zero-order valence-electron chi connectivity index (χ0n) is 11.3. The predicted molar refractivity (Wildman–Crippen MR) is 83.6 cm³/mol. The summed E-state index contributed by atoms with van der Waals surface area (Å²) in [4.78, 5) is 12.1. The van der Waals surface area contributed by atoms with Gasteiger partial charge in [0.05, 0.1) is 5.69 Å². The van der Waals surface area contributed by atoms with Gasteiger partial charge < -0.3 is 0 Å². The topological polar surface area (TPSA) is 65.2 Å². The molecule has 4 nitrogen and oxygen atoms in total. The molecule has 0 atom stereocenters. The molecule has 0 aliphatic rings. The van der Waals surface area contributed by atoms with Crippen LogP contribution in [0.1, 0.15) is 15.9 Å². The molecule has 0 saturated carbocycles. The van der Waals surface area contributed by atoms with Gasteiger partial charge in [-0.2, -0.15) is 10.4 Å². The van der Waals surface area contributed by atoms with Crippen molar-refractivity contribution in [3.8, 4) is 6.07 Å². The van der Waals surface area contributed by atoms with Crippen molar-refractivity contribution in [1.82, 2.24) is 0 Å². The number of nitriles is 1. The van der Waals surface area contributed by atoms with Crippen molar-refractivity contribution in [2.24, 2.45) is 5.10 Å². The number of carbonyl (C=O) groups excluding carboxylic acids is 1. The summed E-state index contributed by atoms with van der Waals surface area (Å²) in [5, 5.41) is 13.5. The Morgan fingerprint density at radius 3 is 2.57 bits per heavy atom. The zero-order chi connectivity index (χ0) is 15.2. The van der Waals surface area contributed by atoms with Crippen LogP contribution in [-0.2, 0) is 0 Å². The lowest BCUT2D eigenvalue weighted by Crippen LogP contribution is -2.14. The molecule has 0 aliphatic carbocycles. The van der Waals surface area contributed by atoms with Gasteiger partial charge in [0, 0.05) is 10.6 Å². The molecule has 2 aromatic carbocycles. The Kier molecular flexibility index (Phi) is 4.70. The summed E-state index contributed by atoms with van der Waals surface area (Å²) in [6.07, 6.45) is 0. The lowest BCUT2D eigenvalue weighted by molar-refractivity contribution is 0.106. The van der Waals surface area contributed by atoms with Gasteiger partial charge in [0.1, 0.15) is 6.07 Å². The molecule has 2 aromatic rings.